The Morgan fingerprint density at radius 3 is 2.39 bits per heavy atom. The molecule has 1 N–H and O–H groups in total. The molecular weight excluding hydrogens is 288 g/mol. The van der Waals surface area contributed by atoms with Gasteiger partial charge in [-0.3, -0.25) is 5.32 Å². The molecule has 4 nitrogen and oxygen atoms in total. The number of likely N-dealkylation sites (tertiary alicyclic amines) is 1. The number of nitrogens with one attached hydrogen (secondary N) is 1. The summed E-state index contributed by atoms with van der Waals surface area (Å²) in [6.45, 7) is 3.55. The molecule has 0 atom stereocenters. The van der Waals surface area contributed by atoms with E-state index in [0.29, 0.717) is 5.75 Å². The van der Waals surface area contributed by atoms with Gasteiger partial charge in [-0.1, -0.05) is 30.3 Å². The average molecular weight is 310 g/mol. The highest BCUT2D eigenvalue weighted by Gasteiger charge is 2.11. The molecule has 1 aliphatic heterocycles. The summed E-state index contributed by atoms with van der Waals surface area (Å²) in [5, 5.41) is 2.70. The first-order chi connectivity index (χ1) is 11.3. The molecule has 0 radical (unpaired) electrons. The van der Waals surface area contributed by atoms with Crippen LogP contribution in [-0.2, 0) is 6.42 Å². The van der Waals surface area contributed by atoms with Crippen molar-refractivity contribution in [3.05, 3.63) is 60.2 Å². The summed E-state index contributed by atoms with van der Waals surface area (Å²) < 4.78 is 5.29. The van der Waals surface area contributed by atoms with Gasteiger partial charge in [0.2, 0.25) is 0 Å². The number of carbonyl (C=O) groups excluding carboxylic acids is 1. The number of rotatable bonds is 5. The van der Waals surface area contributed by atoms with Crippen molar-refractivity contribution in [2.45, 2.75) is 19.3 Å². The third kappa shape index (κ3) is 4.83. The summed E-state index contributed by atoms with van der Waals surface area (Å²) in [5.41, 5.74) is 1.99. The van der Waals surface area contributed by atoms with Gasteiger partial charge in [0.1, 0.15) is 5.75 Å². The number of amides is 1. The maximum absolute atomic E-state index is 11.8. The SMILES string of the molecule is O=C(Nc1ccccc1)Oc1ccc(CCN2CCCC2)cc1. The highest BCUT2D eigenvalue weighted by molar-refractivity contribution is 5.86. The van der Waals surface area contributed by atoms with Crippen molar-refractivity contribution in [1.29, 1.82) is 0 Å². The Balaban J connectivity index is 1.47. The summed E-state index contributed by atoms with van der Waals surface area (Å²) >= 11 is 0. The van der Waals surface area contributed by atoms with E-state index >= 15 is 0 Å². The smallest absolute Gasteiger partial charge is 0.410 e. The van der Waals surface area contributed by atoms with E-state index in [1.54, 1.807) is 0 Å². The van der Waals surface area contributed by atoms with E-state index in [9.17, 15) is 4.79 Å². The predicted octanol–water partition coefficient (Wildman–Crippen LogP) is 3.94. The Hall–Kier alpha value is -2.33. The van der Waals surface area contributed by atoms with Gasteiger partial charge >= 0.3 is 6.09 Å². The fourth-order valence-corrected chi connectivity index (χ4v) is 2.79. The number of para-hydroxylation sites is 1. The highest BCUT2D eigenvalue weighted by Crippen LogP contribution is 2.15. The molecule has 1 amide bonds. The Kier molecular flexibility index (Phi) is 5.27. The van der Waals surface area contributed by atoms with Crippen molar-refractivity contribution in [2.75, 3.05) is 25.0 Å². The molecule has 4 heteroatoms. The molecule has 120 valence electrons. The lowest BCUT2D eigenvalue weighted by Gasteiger charge is -2.14. The molecule has 0 unspecified atom stereocenters. The van der Waals surface area contributed by atoms with Gasteiger partial charge in [0, 0.05) is 12.2 Å². The van der Waals surface area contributed by atoms with E-state index in [4.69, 9.17) is 4.74 Å². The van der Waals surface area contributed by atoms with E-state index in [2.05, 4.69) is 10.2 Å². The zero-order valence-corrected chi connectivity index (χ0v) is 13.2. The van der Waals surface area contributed by atoms with Crippen LogP contribution >= 0.6 is 0 Å². The lowest BCUT2D eigenvalue weighted by atomic mass is 10.1. The third-order valence-corrected chi connectivity index (χ3v) is 4.07. The van der Waals surface area contributed by atoms with Gasteiger partial charge in [-0.25, -0.2) is 4.79 Å². The lowest BCUT2D eigenvalue weighted by Crippen LogP contribution is -2.21. The van der Waals surface area contributed by atoms with Crippen LogP contribution in [0.25, 0.3) is 0 Å². The Morgan fingerprint density at radius 1 is 1.00 bits per heavy atom. The van der Waals surface area contributed by atoms with E-state index in [1.165, 1.54) is 31.5 Å². The quantitative estimate of drug-likeness (QED) is 0.909. The zero-order chi connectivity index (χ0) is 15.9. The molecule has 1 saturated heterocycles. The van der Waals surface area contributed by atoms with Crippen LogP contribution in [0.2, 0.25) is 0 Å². The van der Waals surface area contributed by atoms with Gasteiger partial charge in [-0.05, 0) is 62.2 Å². The van der Waals surface area contributed by atoms with Crippen LogP contribution < -0.4 is 10.1 Å². The summed E-state index contributed by atoms with van der Waals surface area (Å²) in [6.07, 6.45) is 3.21. The molecule has 2 aromatic carbocycles. The maximum Gasteiger partial charge on any atom is 0.417 e. The second-order valence-electron chi connectivity index (χ2n) is 5.82. The van der Waals surface area contributed by atoms with E-state index in [0.717, 1.165) is 18.7 Å². The van der Waals surface area contributed by atoms with Crippen LogP contribution in [0.1, 0.15) is 18.4 Å². The maximum atomic E-state index is 11.8. The Labute approximate surface area is 137 Å². The molecule has 0 spiro atoms. The highest BCUT2D eigenvalue weighted by atomic mass is 16.6. The molecule has 23 heavy (non-hydrogen) atoms. The van der Waals surface area contributed by atoms with Crippen molar-refractivity contribution in [3.63, 3.8) is 0 Å². The minimum absolute atomic E-state index is 0.471. The third-order valence-electron chi connectivity index (χ3n) is 4.07. The summed E-state index contributed by atoms with van der Waals surface area (Å²) in [7, 11) is 0. The Morgan fingerprint density at radius 2 is 1.70 bits per heavy atom. The first-order valence-electron chi connectivity index (χ1n) is 8.15. The fraction of sp³-hybridized carbons (Fsp3) is 0.316. The standard InChI is InChI=1S/C19H22N2O2/c22-19(20-17-6-2-1-3-7-17)23-18-10-8-16(9-11-18)12-15-21-13-4-5-14-21/h1-3,6-11H,4-5,12-15H2,(H,20,22). The van der Waals surface area contributed by atoms with Crippen LogP contribution in [0.5, 0.6) is 5.75 Å². The Bertz CT molecular complexity index is 620. The number of carbonyl (C=O) groups is 1. The molecule has 3 rings (SSSR count). The van der Waals surface area contributed by atoms with Crippen LogP contribution in [0.4, 0.5) is 10.5 Å². The monoisotopic (exact) mass is 310 g/mol. The first kappa shape index (κ1) is 15.6. The number of hydrogen-bond donors (Lipinski definition) is 1. The van der Waals surface area contributed by atoms with Crippen molar-refractivity contribution in [3.8, 4) is 5.75 Å². The van der Waals surface area contributed by atoms with Crippen molar-refractivity contribution in [2.24, 2.45) is 0 Å². The molecule has 0 saturated carbocycles. The molecule has 1 fully saturated rings. The van der Waals surface area contributed by atoms with Crippen molar-refractivity contribution < 1.29 is 9.53 Å². The largest absolute Gasteiger partial charge is 0.417 e. The van der Waals surface area contributed by atoms with Crippen LogP contribution in [-0.4, -0.2) is 30.6 Å². The van der Waals surface area contributed by atoms with Crippen molar-refractivity contribution in [1.82, 2.24) is 4.90 Å². The molecule has 2 aromatic rings. The van der Waals surface area contributed by atoms with E-state index in [-0.39, 0.29) is 0 Å². The summed E-state index contributed by atoms with van der Waals surface area (Å²) in [6, 6.07) is 17.0. The fourth-order valence-electron chi connectivity index (χ4n) is 2.79. The van der Waals surface area contributed by atoms with Gasteiger partial charge < -0.3 is 9.64 Å². The van der Waals surface area contributed by atoms with E-state index < -0.39 is 6.09 Å². The molecule has 0 aliphatic carbocycles. The van der Waals surface area contributed by atoms with Gasteiger partial charge in [-0.15, -0.1) is 0 Å². The molecule has 0 bridgehead atoms. The number of nitrogens with zero attached hydrogens (tertiary/aromatic N) is 1. The predicted molar refractivity (Wildman–Crippen MR) is 91.9 cm³/mol. The van der Waals surface area contributed by atoms with Gasteiger partial charge in [0.15, 0.2) is 0 Å². The van der Waals surface area contributed by atoms with Gasteiger partial charge in [-0.2, -0.15) is 0 Å². The second-order valence-corrected chi connectivity index (χ2v) is 5.82. The number of benzene rings is 2. The lowest BCUT2D eigenvalue weighted by molar-refractivity contribution is 0.215. The molecule has 0 aromatic heterocycles. The minimum atomic E-state index is -0.471. The van der Waals surface area contributed by atoms with E-state index in [1.807, 2.05) is 54.6 Å². The molecule has 1 aliphatic rings. The summed E-state index contributed by atoms with van der Waals surface area (Å²) in [4.78, 5) is 14.3. The van der Waals surface area contributed by atoms with Crippen LogP contribution in [0.3, 0.4) is 0 Å². The topological polar surface area (TPSA) is 41.6 Å². The first-order valence-corrected chi connectivity index (χ1v) is 8.15. The van der Waals surface area contributed by atoms with Gasteiger partial charge in [0.05, 0.1) is 0 Å². The molecule has 1 heterocycles. The van der Waals surface area contributed by atoms with Gasteiger partial charge in [0.25, 0.3) is 0 Å². The number of ether oxygens (including phenoxy) is 1. The normalized spacial score (nSPS) is 14.6. The number of anilines is 1. The summed E-state index contributed by atoms with van der Waals surface area (Å²) in [5.74, 6) is 0.559. The average Bonchev–Trinajstić information content (AvgIpc) is 3.08. The second kappa shape index (κ2) is 7.79. The molecular formula is C19H22N2O2. The number of hydrogen-bond acceptors (Lipinski definition) is 3. The van der Waals surface area contributed by atoms with Crippen LogP contribution in [0, 0.1) is 0 Å². The van der Waals surface area contributed by atoms with Crippen molar-refractivity contribution >= 4 is 11.8 Å². The zero-order valence-electron chi connectivity index (χ0n) is 13.2. The minimum Gasteiger partial charge on any atom is -0.410 e. The van der Waals surface area contributed by atoms with Crippen LogP contribution in [0.15, 0.2) is 54.6 Å².